The van der Waals surface area contributed by atoms with Crippen molar-refractivity contribution in [3.8, 4) is 0 Å². The Morgan fingerprint density at radius 2 is 2.25 bits per heavy atom. The van der Waals surface area contributed by atoms with Crippen LogP contribution in [0.25, 0.3) is 0 Å². The maximum absolute atomic E-state index is 10.7. The molecule has 0 aromatic carbocycles. The number of hydrogen-bond acceptors (Lipinski definition) is 3. The van der Waals surface area contributed by atoms with Crippen molar-refractivity contribution >= 4 is 0 Å². The maximum atomic E-state index is 10.7. The largest absolute Gasteiger partial charge is 0.357 e. The summed E-state index contributed by atoms with van der Waals surface area (Å²) in [5, 5.41) is 5.69. The van der Waals surface area contributed by atoms with Gasteiger partial charge in [-0.05, 0) is 13.0 Å². The zero-order valence-electron chi connectivity index (χ0n) is 7.55. The number of H-pyrrole nitrogens is 1. The molecule has 1 heterocycles. The lowest BCUT2D eigenvalue weighted by Crippen LogP contribution is -2.22. The van der Waals surface area contributed by atoms with E-state index in [1.807, 2.05) is 7.05 Å². The van der Waals surface area contributed by atoms with Gasteiger partial charge in [0.25, 0.3) is 0 Å². The van der Waals surface area contributed by atoms with Crippen molar-refractivity contribution in [2.24, 2.45) is 5.92 Å². The van der Waals surface area contributed by atoms with Gasteiger partial charge in [0.2, 0.25) is 0 Å². The van der Waals surface area contributed by atoms with Crippen LogP contribution in [0, 0.1) is 5.92 Å². The number of rotatable bonds is 3. The first-order valence-electron chi connectivity index (χ1n) is 4.01. The molecule has 1 atom stereocenters. The molecular weight excluding hydrogens is 156 g/mol. The summed E-state index contributed by atoms with van der Waals surface area (Å²) in [6.45, 7) is 4.15. The fourth-order valence-electron chi connectivity index (χ4n) is 1.30. The van der Waals surface area contributed by atoms with Crippen molar-refractivity contribution in [1.29, 1.82) is 0 Å². The lowest BCUT2D eigenvalue weighted by Gasteiger charge is -2.17. The molecule has 0 saturated carbocycles. The Bertz CT molecular complexity index is 287. The van der Waals surface area contributed by atoms with Gasteiger partial charge in [0.05, 0.1) is 11.7 Å². The van der Waals surface area contributed by atoms with E-state index in [-0.39, 0.29) is 11.7 Å². The van der Waals surface area contributed by atoms with Crippen LogP contribution in [0.3, 0.4) is 0 Å². The Balaban J connectivity index is 2.87. The molecule has 0 unspecified atom stereocenters. The minimum absolute atomic E-state index is 0.149. The summed E-state index contributed by atoms with van der Waals surface area (Å²) < 4.78 is 4.58. The van der Waals surface area contributed by atoms with Gasteiger partial charge in [-0.2, -0.15) is 0 Å². The van der Waals surface area contributed by atoms with E-state index in [0.29, 0.717) is 5.92 Å². The molecule has 1 aromatic rings. The molecule has 68 valence electrons. The summed E-state index contributed by atoms with van der Waals surface area (Å²) in [7, 11) is 1.86. The van der Waals surface area contributed by atoms with Gasteiger partial charge in [0, 0.05) is 6.07 Å². The summed E-state index contributed by atoms with van der Waals surface area (Å²) in [5.41, 5.74) is 0.475. The molecule has 0 aliphatic rings. The van der Waals surface area contributed by atoms with Crippen LogP contribution in [-0.4, -0.2) is 12.2 Å². The minimum Gasteiger partial charge on any atom is -0.339 e. The van der Waals surface area contributed by atoms with E-state index in [4.69, 9.17) is 0 Å². The van der Waals surface area contributed by atoms with Crippen LogP contribution in [0.4, 0.5) is 0 Å². The summed E-state index contributed by atoms with van der Waals surface area (Å²) in [4.78, 5) is 10.7. The SMILES string of the molecule is CN[C@H](c1cc(=O)o[nH]1)C(C)C. The number of aromatic nitrogens is 1. The second kappa shape index (κ2) is 3.58. The van der Waals surface area contributed by atoms with Crippen molar-refractivity contribution in [2.45, 2.75) is 19.9 Å². The van der Waals surface area contributed by atoms with Crippen molar-refractivity contribution in [3.63, 3.8) is 0 Å². The molecule has 0 aliphatic carbocycles. The fourth-order valence-corrected chi connectivity index (χ4v) is 1.30. The van der Waals surface area contributed by atoms with Crippen LogP contribution >= 0.6 is 0 Å². The van der Waals surface area contributed by atoms with Crippen LogP contribution in [0.15, 0.2) is 15.4 Å². The highest BCUT2D eigenvalue weighted by molar-refractivity contribution is 5.03. The third-order valence-corrected chi connectivity index (χ3v) is 1.86. The monoisotopic (exact) mass is 170 g/mol. The Hall–Kier alpha value is -1.03. The van der Waals surface area contributed by atoms with Gasteiger partial charge in [-0.15, -0.1) is 0 Å². The normalized spacial score (nSPS) is 13.7. The maximum Gasteiger partial charge on any atom is 0.357 e. The zero-order chi connectivity index (χ0) is 9.14. The number of nitrogens with one attached hydrogen (secondary N) is 2. The Kier molecular flexibility index (Phi) is 2.70. The molecule has 0 radical (unpaired) electrons. The molecule has 12 heavy (non-hydrogen) atoms. The molecule has 0 spiro atoms. The van der Waals surface area contributed by atoms with Gasteiger partial charge in [0.1, 0.15) is 0 Å². The van der Waals surface area contributed by atoms with Gasteiger partial charge < -0.3 is 9.84 Å². The van der Waals surface area contributed by atoms with Crippen LogP contribution < -0.4 is 10.9 Å². The minimum atomic E-state index is -0.328. The van der Waals surface area contributed by atoms with Gasteiger partial charge in [0.15, 0.2) is 0 Å². The Morgan fingerprint density at radius 1 is 1.58 bits per heavy atom. The third-order valence-electron chi connectivity index (χ3n) is 1.86. The van der Waals surface area contributed by atoms with Crippen molar-refractivity contribution in [2.75, 3.05) is 7.05 Å². The molecule has 1 aromatic heterocycles. The first-order chi connectivity index (χ1) is 5.65. The van der Waals surface area contributed by atoms with E-state index in [1.165, 1.54) is 6.07 Å². The van der Waals surface area contributed by atoms with E-state index in [0.717, 1.165) is 5.69 Å². The van der Waals surface area contributed by atoms with Crippen molar-refractivity contribution in [1.82, 2.24) is 10.5 Å². The van der Waals surface area contributed by atoms with E-state index in [9.17, 15) is 4.79 Å². The molecule has 4 heteroatoms. The highest BCUT2D eigenvalue weighted by Crippen LogP contribution is 2.17. The molecule has 2 N–H and O–H groups in total. The van der Waals surface area contributed by atoms with E-state index in [2.05, 4.69) is 28.8 Å². The Labute approximate surface area is 70.9 Å². The van der Waals surface area contributed by atoms with Gasteiger partial charge >= 0.3 is 5.63 Å². The summed E-state index contributed by atoms with van der Waals surface area (Å²) >= 11 is 0. The standard InChI is InChI=1S/C8H14N2O2/c1-5(2)8(9-3)6-4-7(11)12-10-6/h4-5,8-10H,1-3H3/t8-/m0/s1. The number of aromatic amines is 1. The summed E-state index contributed by atoms with van der Waals surface area (Å²) in [5.74, 6) is 0.420. The highest BCUT2D eigenvalue weighted by atomic mass is 16.5. The topological polar surface area (TPSA) is 58.0 Å². The van der Waals surface area contributed by atoms with Gasteiger partial charge in [-0.25, -0.2) is 9.95 Å². The molecule has 4 nitrogen and oxygen atoms in total. The molecule has 0 fully saturated rings. The van der Waals surface area contributed by atoms with Crippen molar-refractivity contribution < 1.29 is 4.52 Å². The van der Waals surface area contributed by atoms with Crippen LogP contribution in [0.1, 0.15) is 25.6 Å². The summed E-state index contributed by atoms with van der Waals surface area (Å²) in [6.07, 6.45) is 0. The molecule has 0 bridgehead atoms. The van der Waals surface area contributed by atoms with Gasteiger partial charge in [-0.1, -0.05) is 13.8 Å². The Morgan fingerprint density at radius 3 is 2.58 bits per heavy atom. The predicted molar refractivity (Wildman–Crippen MR) is 46.0 cm³/mol. The molecular formula is C8H14N2O2. The molecule has 1 rings (SSSR count). The van der Waals surface area contributed by atoms with Crippen LogP contribution in [0.5, 0.6) is 0 Å². The highest BCUT2D eigenvalue weighted by Gasteiger charge is 2.15. The van der Waals surface area contributed by atoms with E-state index >= 15 is 0 Å². The molecule has 0 saturated heterocycles. The smallest absolute Gasteiger partial charge is 0.339 e. The predicted octanol–water partition coefficient (Wildman–Crippen LogP) is 0.884. The first kappa shape index (κ1) is 9.06. The summed E-state index contributed by atoms with van der Waals surface area (Å²) in [6, 6.07) is 1.62. The average Bonchev–Trinajstić information content (AvgIpc) is 2.37. The quantitative estimate of drug-likeness (QED) is 0.708. The van der Waals surface area contributed by atoms with Crippen molar-refractivity contribution in [3.05, 3.63) is 22.2 Å². The van der Waals surface area contributed by atoms with E-state index in [1.54, 1.807) is 0 Å². The van der Waals surface area contributed by atoms with Crippen LogP contribution in [0.2, 0.25) is 0 Å². The third kappa shape index (κ3) is 1.76. The fraction of sp³-hybridized carbons (Fsp3) is 0.625. The van der Waals surface area contributed by atoms with Gasteiger partial charge in [-0.3, -0.25) is 0 Å². The molecule has 0 amide bonds. The zero-order valence-corrected chi connectivity index (χ0v) is 7.55. The average molecular weight is 170 g/mol. The second-order valence-electron chi connectivity index (χ2n) is 3.13. The lowest BCUT2D eigenvalue weighted by atomic mass is 10.0. The number of hydrogen-bond donors (Lipinski definition) is 2. The lowest BCUT2D eigenvalue weighted by molar-refractivity contribution is 0.357. The van der Waals surface area contributed by atoms with Crippen LogP contribution in [-0.2, 0) is 0 Å². The first-order valence-corrected chi connectivity index (χ1v) is 4.01. The second-order valence-corrected chi connectivity index (χ2v) is 3.13. The van der Waals surface area contributed by atoms with E-state index < -0.39 is 0 Å². The molecule has 0 aliphatic heterocycles.